The summed E-state index contributed by atoms with van der Waals surface area (Å²) in [6.07, 6.45) is 0. The van der Waals surface area contributed by atoms with Crippen LogP contribution in [-0.2, 0) is 0 Å². The van der Waals surface area contributed by atoms with Gasteiger partial charge in [-0.15, -0.1) is 0 Å². The van der Waals surface area contributed by atoms with E-state index in [1.54, 1.807) is 12.1 Å². The number of hydrogen-bond acceptors (Lipinski definition) is 4. The topological polar surface area (TPSA) is 67.8 Å². The fourth-order valence-electron chi connectivity index (χ4n) is 3.09. The van der Waals surface area contributed by atoms with Crippen molar-refractivity contribution in [3.8, 4) is 28.4 Å². The largest absolute Gasteiger partial charge is 0.508 e. The zero-order chi connectivity index (χ0) is 18.8. The predicted octanol–water partition coefficient (Wildman–Crippen LogP) is 4.28. The molecule has 1 aliphatic heterocycles. The molecule has 0 fully saturated rings. The number of aromatic hydroxyl groups is 1. The quantitative estimate of drug-likeness (QED) is 0.728. The molecule has 2 N–H and O–H groups in total. The maximum Gasteiger partial charge on any atom is 0.251 e. The van der Waals surface area contributed by atoms with Crippen molar-refractivity contribution in [2.24, 2.45) is 0 Å². The van der Waals surface area contributed by atoms with Crippen LogP contribution < -0.4 is 14.8 Å². The van der Waals surface area contributed by atoms with Crippen LogP contribution in [0, 0.1) is 0 Å². The zero-order valence-electron chi connectivity index (χ0n) is 14.8. The van der Waals surface area contributed by atoms with Gasteiger partial charge in [0.2, 0.25) is 6.79 Å². The van der Waals surface area contributed by atoms with Gasteiger partial charge in [-0.25, -0.2) is 0 Å². The lowest BCUT2D eigenvalue weighted by Gasteiger charge is -2.15. The third-order valence-corrected chi connectivity index (χ3v) is 4.53. The molecule has 1 unspecified atom stereocenters. The molecule has 4 rings (SSSR count). The number of nitrogens with one attached hydrogen (secondary N) is 1. The van der Waals surface area contributed by atoms with Crippen LogP contribution in [0.3, 0.4) is 0 Å². The summed E-state index contributed by atoms with van der Waals surface area (Å²) in [6.45, 7) is 2.12. The van der Waals surface area contributed by atoms with Gasteiger partial charge in [0.05, 0.1) is 6.04 Å². The number of carbonyl (C=O) groups excluding carboxylic acids is 1. The van der Waals surface area contributed by atoms with E-state index in [0.717, 1.165) is 16.7 Å². The van der Waals surface area contributed by atoms with Crippen LogP contribution in [0.4, 0.5) is 0 Å². The highest BCUT2D eigenvalue weighted by Gasteiger charge is 2.16. The molecule has 0 aliphatic carbocycles. The maximum absolute atomic E-state index is 12.7. The maximum atomic E-state index is 12.7. The number of ether oxygens (including phenoxy) is 2. The lowest BCUT2D eigenvalue weighted by atomic mass is 10.0. The van der Waals surface area contributed by atoms with Gasteiger partial charge in [-0.1, -0.05) is 36.4 Å². The first-order valence-electron chi connectivity index (χ1n) is 8.70. The van der Waals surface area contributed by atoms with Crippen LogP contribution in [0.2, 0.25) is 0 Å². The Bertz CT molecular complexity index is 985. The number of amides is 1. The highest BCUT2D eigenvalue weighted by Crippen LogP contribution is 2.36. The first-order valence-corrected chi connectivity index (χ1v) is 8.70. The molecule has 0 saturated heterocycles. The van der Waals surface area contributed by atoms with E-state index in [0.29, 0.717) is 17.1 Å². The van der Waals surface area contributed by atoms with Gasteiger partial charge in [-0.2, -0.15) is 0 Å². The second-order valence-electron chi connectivity index (χ2n) is 6.44. The summed E-state index contributed by atoms with van der Waals surface area (Å²) < 4.78 is 10.7. The monoisotopic (exact) mass is 361 g/mol. The minimum Gasteiger partial charge on any atom is -0.508 e. The Kier molecular flexibility index (Phi) is 4.42. The van der Waals surface area contributed by atoms with Gasteiger partial charge in [-0.05, 0) is 53.9 Å². The Hall–Kier alpha value is -3.47. The highest BCUT2D eigenvalue weighted by atomic mass is 16.7. The van der Waals surface area contributed by atoms with Gasteiger partial charge in [0.1, 0.15) is 5.75 Å². The van der Waals surface area contributed by atoms with E-state index in [1.807, 2.05) is 55.5 Å². The third kappa shape index (κ3) is 3.58. The van der Waals surface area contributed by atoms with Crippen LogP contribution in [0.1, 0.15) is 28.9 Å². The summed E-state index contributed by atoms with van der Waals surface area (Å²) in [6, 6.07) is 20.0. The molecule has 0 radical (unpaired) electrons. The first-order chi connectivity index (χ1) is 13.1. The molecule has 5 heteroatoms. The molecule has 5 nitrogen and oxygen atoms in total. The molecule has 136 valence electrons. The van der Waals surface area contributed by atoms with Gasteiger partial charge >= 0.3 is 0 Å². The Morgan fingerprint density at radius 3 is 2.56 bits per heavy atom. The molecular formula is C22H19NO4. The van der Waals surface area contributed by atoms with Gasteiger partial charge in [0, 0.05) is 5.56 Å². The van der Waals surface area contributed by atoms with Crippen molar-refractivity contribution in [1.29, 1.82) is 0 Å². The molecule has 27 heavy (non-hydrogen) atoms. The van der Waals surface area contributed by atoms with Crippen LogP contribution >= 0.6 is 0 Å². The summed E-state index contributed by atoms with van der Waals surface area (Å²) >= 11 is 0. The average molecular weight is 361 g/mol. The number of rotatable bonds is 4. The summed E-state index contributed by atoms with van der Waals surface area (Å²) in [7, 11) is 0. The molecule has 1 amide bonds. The smallest absolute Gasteiger partial charge is 0.251 e. The highest BCUT2D eigenvalue weighted by molar-refractivity contribution is 5.96. The summed E-state index contributed by atoms with van der Waals surface area (Å²) in [5.41, 5.74) is 2.97. The molecule has 3 aromatic rings. The normalized spacial score (nSPS) is 13.2. The van der Waals surface area contributed by atoms with Gasteiger partial charge < -0.3 is 19.9 Å². The van der Waals surface area contributed by atoms with E-state index in [1.165, 1.54) is 6.07 Å². The average Bonchev–Trinajstić information content (AvgIpc) is 3.16. The lowest BCUT2D eigenvalue weighted by Crippen LogP contribution is -2.26. The second-order valence-corrected chi connectivity index (χ2v) is 6.44. The SMILES string of the molecule is CC(NC(=O)c1cc(O)cc(-c2ccc3c(c2)OCO3)c1)c1ccccc1. The van der Waals surface area contributed by atoms with E-state index in [2.05, 4.69) is 5.32 Å². The fourth-order valence-corrected chi connectivity index (χ4v) is 3.09. The molecule has 1 aliphatic rings. The minimum atomic E-state index is -0.246. The van der Waals surface area contributed by atoms with Gasteiger partial charge in [-0.3, -0.25) is 4.79 Å². The molecule has 1 atom stereocenters. The number of benzene rings is 3. The number of phenols is 1. The van der Waals surface area contributed by atoms with E-state index < -0.39 is 0 Å². The number of fused-ring (bicyclic) bond motifs is 1. The van der Waals surface area contributed by atoms with Crippen molar-refractivity contribution < 1.29 is 19.4 Å². The van der Waals surface area contributed by atoms with Crippen molar-refractivity contribution in [1.82, 2.24) is 5.32 Å². The number of carbonyl (C=O) groups is 1. The molecular weight excluding hydrogens is 342 g/mol. The summed E-state index contributed by atoms with van der Waals surface area (Å²) in [5, 5.41) is 13.1. The van der Waals surface area contributed by atoms with E-state index in [4.69, 9.17) is 9.47 Å². The van der Waals surface area contributed by atoms with Crippen LogP contribution in [-0.4, -0.2) is 17.8 Å². The van der Waals surface area contributed by atoms with Crippen molar-refractivity contribution in [3.63, 3.8) is 0 Å². The van der Waals surface area contributed by atoms with Crippen molar-refractivity contribution in [2.75, 3.05) is 6.79 Å². The summed E-state index contributed by atoms with van der Waals surface area (Å²) in [5.74, 6) is 1.13. The molecule has 0 aromatic heterocycles. The lowest BCUT2D eigenvalue weighted by molar-refractivity contribution is 0.0939. The third-order valence-electron chi connectivity index (χ3n) is 4.53. The van der Waals surface area contributed by atoms with Crippen molar-refractivity contribution >= 4 is 5.91 Å². The molecule has 0 saturated carbocycles. The van der Waals surface area contributed by atoms with E-state index in [9.17, 15) is 9.90 Å². The summed E-state index contributed by atoms with van der Waals surface area (Å²) in [4.78, 5) is 12.7. The first kappa shape index (κ1) is 17.0. The molecule has 3 aromatic carbocycles. The van der Waals surface area contributed by atoms with E-state index in [-0.39, 0.29) is 24.5 Å². The van der Waals surface area contributed by atoms with Gasteiger partial charge in [0.15, 0.2) is 11.5 Å². The minimum absolute atomic E-state index is 0.0303. The standard InChI is InChI=1S/C22H19NO4/c1-14(15-5-3-2-4-6-15)23-22(25)18-9-17(10-19(24)11-18)16-7-8-20-21(12-16)27-13-26-20/h2-12,14,24H,13H2,1H3,(H,23,25). The van der Waals surface area contributed by atoms with Crippen molar-refractivity contribution in [3.05, 3.63) is 77.9 Å². The Labute approximate surface area is 157 Å². The Balaban J connectivity index is 1.59. The Morgan fingerprint density at radius 1 is 0.963 bits per heavy atom. The fraction of sp³-hybridized carbons (Fsp3) is 0.136. The van der Waals surface area contributed by atoms with Crippen molar-refractivity contribution in [2.45, 2.75) is 13.0 Å². The van der Waals surface area contributed by atoms with Gasteiger partial charge in [0.25, 0.3) is 5.91 Å². The van der Waals surface area contributed by atoms with Crippen LogP contribution in [0.15, 0.2) is 66.7 Å². The number of phenolic OH excluding ortho intramolecular Hbond substituents is 1. The van der Waals surface area contributed by atoms with E-state index >= 15 is 0 Å². The van der Waals surface area contributed by atoms with Crippen LogP contribution in [0.5, 0.6) is 17.2 Å². The molecule has 0 spiro atoms. The van der Waals surface area contributed by atoms with Crippen LogP contribution in [0.25, 0.3) is 11.1 Å². The Morgan fingerprint density at radius 2 is 1.74 bits per heavy atom. The number of hydrogen-bond donors (Lipinski definition) is 2. The predicted molar refractivity (Wildman–Crippen MR) is 102 cm³/mol. The molecule has 1 heterocycles. The zero-order valence-corrected chi connectivity index (χ0v) is 14.8. The second kappa shape index (κ2) is 7.03. The molecule has 0 bridgehead atoms.